The normalized spacial score (nSPS) is 11.7. The first kappa shape index (κ1) is 15.3. The highest BCUT2D eigenvalue weighted by Gasteiger charge is 2.10. The summed E-state index contributed by atoms with van der Waals surface area (Å²) in [5.74, 6) is 0.808. The van der Waals surface area contributed by atoms with Crippen molar-refractivity contribution in [3.8, 4) is 5.75 Å². The van der Waals surface area contributed by atoms with Crippen molar-refractivity contribution in [3.63, 3.8) is 0 Å². The lowest BCUT2D eigenvalue weighted by atomic mass is 10.2. The number of hydrogen-bond acceptors (Lipinski definition) is 3. The highest BCUT2D eigenvalue weighted by Crippen LogP contribution is 2.08. The monoisotopic (exact) mass is 266 g/mol. The Bertz CT molecular complexity index is 357. The van der Waals surface area contributed by atoms with Crippen molar-refractivity contribution in [2.45, 2.75) is 19.4 Å². The van der Waals surface area contributed by atoms with Gasteiger partial charge < -0.3 is 20.1 Å². The molecule has 1 aromatic rings. The summed E-state index contributed by atoms with van der Waals surface area (Å²) in [7, 11) is 1.60. The van der Waals surface area contributed by atoms with Crippen LogP contribution in [0.5, 0.6) is 5.75 Å². The molecule has 0 saturated heterocycles. The molecule has 1 aromatic carbocycles. The minimum Gasteiger partial charge on any atom is -0.491 e. The van der Waals surface area contributed by atoms with Gasteiger partial charge in [0.05, 0.1) is 12.6 Å². The number of ether oxygens (including phenoxy) is 2. The molecule has 5 heteroatoms. The lowest BCUT2D eigenvalue weighted by molar-refractivity contribution is 0.192. The zero-order chi connectivity index (χ0) is 13.9. The summed E-state index contributed by atoms with van der Waals surface area (Å²) in [4.78, 5) is 11.6. The summed E-state index contributed by atoms with van der Waals surface area (Å²) in [5, 5.41) is 5.58. The van der Waals surface area contributed by atoms with Crippen molar-refractivity contribution < 1.29 is 14.3 Å². The molecule has 1 atom stereocenters. The average Bonchev–Trinajstić information content (AvgIpc) is 2.45. The van der Waals surface area contributed by atoms with Crippen molar-refractivity contribution in [3.05, 3.63) is 30.3 Å². The van der Waals surface area contributed by atoms with Gasteiger partial charge in [-0.1, -0.05) is 25.1 Å². The summed E-state index contributed by atoms with van der Waals surface area (Å²) in [5.41, 5.74) is 0. The molecule has 0 saturated carbocycles. The van der Waals surface area contributed by atoms with Crippen LogP contribution >= 0.6 is 0 Å². The first-order valence-corrected chi connectivity index (χ1v) is 6.47. The quantitative estimate of drug-likeness (QED) is 0.705. The van der Waals surface area contributed by atoms with Crippen LogP contribution < -0.4 is 15.4 Å². The first-order chi connectivity index (χ1) is 9.26. The van der Waals surface area contributed by atoms with Crippen LogP contribution in [-0.4, -0.2) is 38.9 Å². The number of para-hydroxylation sites is 1. The van der Waals surface area contributed by atoms with Crippen molar-refractivity contribution in [2.24, 2.45) is 0 Å². The van der Waals surface area contributed by atoms with Crippen molar-refractivity contribution in [2.75, 3.05) is 26.9 Å². The van der Waals surface area contributed by atoms with E-state index in [1.54, 1.807) is 7.11 Å². The van der Waals surface area contributed by atoms with Crippen LogP contribution in [-0.2, 0) is 4.74 Å². The molecule has 0 aliphatic rings. The number of methoxy groups -OCH3 is 1. The molecule has 0 unspecified atom stereocenters. The van der Waals surface area contributed by atoms with Crippen molar-refractivity contribution in [1.29, 1.82) is 0 Å². The third-order valence-corrected chi connectivity index (χ3v) is 2.61. The highest BCUT2D eigenvalue weighted by atomic mass is 16.5. The predicted octanol–water partition coefficient (Wildman–Crippen LogP) is 1.79. The van der Waals surface area contributed by atoms with Crippen LogP contribution in [0, 0.1) is 0 Å². The van der Waals surface area contributed by atoms with Crippen LogP contribution in [0.4, 0.5) is 4.79 Å². The van der Waals surface area contributed by atoms with Gasteiger partial charge in [0, 0.05) is 13.7 Å². The van der Waals surface area contributed by atoms with Crippen LogP contribution in [0.15, 0.2) is 30.3 Å². The summed E-state index contributed by atoms with van der Waals surface area (Å²) < 4.78 is 10.5. The van der Waals surface area contributed by atoms with E-state index in [-0.39, 0.29) is 12.1 Å². The molecule has 5 nitrogen and oxygen atoms in total. The number of amides is 2. The maximum Gasteiger partial charge on any atom is 0.315 e. The van der Waals surface area contributed by atoms with Gasteiger partial charge in [-0.25, -0.2) is 4.79 Å². The van der Waals surface area contributed by atoms with Gasteiger partial charge in [0.15, 0.2) is 0 Å². The molecule has 2 amide bonds. The van der Waals surface area contributed by atoms with E-state index in [2.05, 4.69) is 10.6 Å². The number of rotatable bonds is 8. The number of carbonyl (C=O) groups is 1. The standard InChI is InChI=1S/C14H22N2O3/c1-3-12(16-14(17)15-9-10-18-2)11-19-13-7-5-4-6-8-13/h4-8,12H,3,9-11H2,1-2H3,(H2,15,16,17)/t12-/m1/s1. The summed E-state index contributed by atoms with van der Waals surface area (Å²) in [6, 6.07) is 9.36. The SMILES string of the molecule is CC[C@H](COc1ccccc1)NC(=O)NCCOC. The lowest BCUT2D eigenvalue weighted by Crippen LogP contribution is -2.45. The van der Waals surface area contributed by atoms with E-state index in [1.165, 1.54) is 0 Å². The molecule has 0 bridgehead atoms. The molecular weight excluding hydrogens is 244 g/mol. The van der Waals surface area contributed by atoms with E-state index in [0.29, 0.717) is 19.8 Å². The Labute approximate surface area is 114 Å². The number of nitrogens with one attached hydrogen (secondary N) is 2. The highest BCUT2D eigenvalue weighted by molar-refractivity contribution is 5.74. The third kappa shape index (κ3) is 6.67. The molecule has 19 heavy (non-hydrogen) atoms. The molecule has 0 heterocycles. The molecule has 0 aliphatic carbocycles. The van der Waals surface area contributed by atoms with Gasteiger partial charge in [0.25, 0.3) is 0 Å². The van der Waals surface area contributed by atoms with E-state index in [4.69, 9.17) is 9.47 Å². The second-order valence-electron chi connectivity index (χ2n) is 4.12. The third-order valence-electron chi connectivity index (χ3n) is 2.61. The fourth-order valence-corrected chi connectivity index (χ4v) is 1.48. The number of hydrogen-bond donors (Lipinski definition) is 2. The second kappa shape index (κ2) is 9.22. The Morgan fingerprint density at radius 2 is 2.05 bits per heavy atom. The molecule has 1 rings (SSSR count). The minimum absolute atomic E-state index is 0.0113. The van der Waals surface area contributed by atoms with Crippen LogP contribution in [0.2, 0.25) is 0 Å². The van der Waals surface area contributed by atoms with E-state index in [9.17, 15) is 4.79 Å². The van der Waals surface area contributed by atoms with Crippen molar-refractivity contribution in [1.82, 2.24) is 10.6 Å². The molecular formula is C14H22N2O3. The van der Waals surface area contributed by atoms with Gasteiger partial charge in [-0.3, -0.25) is 0 Å². The molecule has 0 radical (unpaired) electrons. The molecule has 0 fully saturated rings. The Kier molecular flexibility index (Phi) is 7.43. The molecule has 0 aromatic heterocycles. The largest absolute Gasteiger partial charge is 0.491 e. The topological polar surface area (TPSA) is 59.6 Å². The van der Waals surface area contributed by atoms with Gasteiger partial charge in [-0.15, -0.1) is 0 Å². The van der Waals surface area contributed by atoms with Gasteiger partial charge in [-0.2, -0.15) is 0 Å². The van der Waals surface area contributed by atoms with E-state index < -0.39 is 0 Å². The smallest absolute Gasteiger partial charge is 0.315 e. The molecule has 0 spiro atoms. The van der Waals surface area contributed by atoms with Crippen molar-refractivity contribution >= 4 is 6.03 Å². The van der Waals surface area contributed by atoms with Gasteiger partial charge >= 0.3 is 6.03 Å². The second-order valence-corrected chi connectivity index (χ2v) is 4.12. The fourth-order valence-electron chi connectivity index (χ4n) is 1.48. The fraction of sp³-hybridized carbons (Fsp3) is 0.500. The van der Waals surface area contributed by atoms with Gasteiger partial charge in [0.2, 0.25) is 0 Å². The Morgan fingerprint density at radius 3 is 2.68 bits per heavy atom. The van der Waals surface area contributed by atoms with Crippen LogP contribution in [0.3, 0.4) is 0 Å². The molecule has 106 valence electrons. The van der Waals surface area contributed by atoms with E-state index in [0.717, 1.165) is 12.2 Å². The average molecular weight is 266 g/mol. The van der Waals surface area contributed by atoms with Crippen LogP contribution in [0.25, 0.3) is 0 Å². The zero-order valence-electron chi connectivity index (χ0n) is 11.5. The molecule has 0 aliphatic heterocycles. The zero-order valence-corrected chi connectivity index (χ0v) is 11.5. The maximum atomic E-state index is 11.6. The minimum atomic E-state index is -0.194. The van der Waals surface area contributed by atoms with Crippen LogP contribution in [0.1, 0.15) is 13.3 Å². The van der Waals surface area contributed by atoms with Gasteiger partial charge in [0.1, 0.15) is 12.4 Å². The summed E-state index contributed by atoms with van der Waals surface area (Å²) in [6.45, 7) is 3.47. The maximum absolute atomic E-state index is 11.6. The Hall–Kier alpha value is -1.75. The number of urea groups is 1. The number of carbonyl (C=O) groups excluding carboxylic acids is 1. The Balaban J connectivity index is 2.27. The predicted molar refractivity (Wildman–Crippen MR) is 74.4 cm³/mol. The Morgan fingerprint density at radius 1 is 1.32 bits per heavy atom. The lowest BCUT2D eigenvalue weighted by Gasteiger charge is -2.18. The van der Waals surface area contributed by atoms with E-state index >= 15 is 0 Å². The summed E-state index contributed by atoms with van der Waals surface area (Å²) >= 11 is 0. The first-order valence-electron chi connectivity index (χ1n) is 6.47. The van der Waals surface area contributed by atoms with Gasteiger partial charge in [-0.05, 0) is 18.6 Å². The summed E-state index contributed by atoms with van der Waals surface area (Å²) in [6.07, 6.45) is 0.810. The van der Waals surface area contributed by atoms with E-state index in [1.807, 2.05) is 37.3 Å². The molecule has 2 N–H and O–H groups in total. The number of benzene rings is 1.